The van der Waals surface area contributed by atoms with E-state index in [1.54, 1.807) is 0 Å². The Kier molecular flexibility index (Phi) is 6.31. The minimum atomic E-state index is -0.639. The Morgan fingerprint density at radius 1 is 1.39 bits per heavy atom. The van der Waals surface area contributed by atoms with Crippen LogP contribution in [0.15, 0.2) is 24.3 Å². The molecule has 148 valence electrons. The molecule has 0 aliphatic heterocycles. The molecule has 2 aromatic rings. The van der Waals surface area contributed by atoms with Gasteiger partial charge in [0.2, 0.25) is 0 Å². The summed E-state index contributed by atoms with van der Waals surface area (Å²) in [6.45, 7) is 1.69. The van der Waals surface area contributed by atoms with Crippen LogP contribution in [-0.2, 0) is 22.4 Å². The molecular formula is C19H19ClN2O5S. The SMILES string of the molecule is CCC1CCc2sc(C(=O)OCC(=O)Nc3ccc(Cl)c([N+](=O)[O-])c3)cc2C1. The Morgan fingerprint density at radius 2 is 2.18 bits per heavy atom. The maximum Gasteiger partial charge on any atom is 0.348 e. The summed E-state index contributed by atoms with van der Waals surface area (Å²) in [6.07, 6.45) is 4.21. The number of nitro groups is 1. The molecule has 1 N–H and O–H groups in total. The summed E-state index contributed by atoms with van der Waals surface area (Å²) in [7, 11) is 0. The van der Waals surface area contributed by atoms with E-state index in [0.717, 1.165) is 31.7 Å². The summed E-state index contributed by atoms with van der Waals surface area (Å²) in [5, 5.41) is 13.3. The third-order valence-electron chi connectivity index (χ3n) is 4.72. The molecule has 3 rings (SSSR count). The number of aryl methyl sites for hydroxylation is 1. The van der Waals surface area contributed by atoms with Crippen LogP contribution in [-0.4, -0.2) is 23.4 Å². The van der Waals surface area contributed by atoms with Crippen LogP contribution in [0, 0.1) is 16.0 Å². The van der Waals surface area contributed by atoms with E-state index in [9.17, 15) is 19.7 Å². The molecule has 1 atom stereocenters. The number of carbonyl (C=O) groups excluding carboxylic acids is 2. The number of amides is 1. The molecule has 9 heteroatoms. The van der Waals surface area contributed by atoms with Crippen LogP contribution in [0.4, 0.5) is 11.4 Å². The van der Waals surface area contributed by atoms with Crippen LogP contribution in [0.2, 0.25) is 5.02 Å². The molecule has 1 heterocycles. The second kappa shape index (κ2) is 8.70. The van der Waals surface area contributed by atoms with Crippen molar-refractivity contribution in [3.63, 3.8) is 0 Å². The molecule has 1 aliphatic carbocycles. The van der Waals surface area contributed by atoms with Gasteiger partial charge in [-0.25, -0.2) is 4.79 Å². The normalized spacial score (nSPS) is 15.6. The summed E-state index contributed by atoms with van der Waals surface area (Å²) in [6, 6.07) is 5.78. The maximum atomic E-state index is 12.3. The molecule has 0 saturated carbocycles. The van der Waals surface area contributed by atoms with Gasteiger partial charge in [-0.2, -0.15) is 0 Å². The van der Waals surface area contributed by atoms with E-state index in [2.05, 4.69) is 12.2 Å². The van der Waals surface area contributed by atoms with Crippen molar-refractivity contribution >= 4 is 46.2 Å². The first-order valence-corrected chi connectivity index (χ1v) is 10.1. The van der Waals surface area contributed by atoms with E-state index < -0.39 is 23.4 Å². The quantitative estimate of drug-likeness (QED) is 0.416. The first kappa shape index (κ1) is 20.3. The summed E-state index contributed by atoms with van der Waals surface area (Å²) >= 11 is 7.16. The summed E-state index contributed by atoms with van der Waals surface area (Å²) < 4.78 is 5.09. The molecule has 1 aliphatic rings. The molecule has 1 amide bonds. The van der Waals surface area contributed by atoms with Gasteiger partial charge >= 0.3 is 5.97 Å². The lowest BCUT2D eigenvalue weighted by atomic mass is 9.87. The van der Waals surface area contributed by atoms with Gasteiger partial charge < -0.3 is 10.1 Å². The van der Waals surface area contributed by atoms with Gasteiger partial charge in [-0.05, 0) is 48.9 Å². The number of ether oxygens (including phenoxy) is 1. The van der Waals surface area contributed by atoms with Crippen molar-refractivity contribution < 1.29 is 19.2 Å². The molecule has 0 fully saturated rings. The zero-order valence-corrected chi connectivity index (χ0v) is 16.8. The molecular weight excluding hydrogens is 404 g/mol. The maximum absolute atomic E-state index is 12.3. The smallest absolute Gasteiger partial charge is 0.348 e. The number of nitrogens with zero attached hydrogens (tertiary/aromatic N) is 1. The molecule has 0 radical (unpaired) electrons. The Bertz CT molecular complexity index is 927. The Morgan fingerprint density at radius 3 is 2.89 bits per heavy atom. The van der Waals surface area contributed by atoms with Crippen LogP contribution >= 0.6 is 22.9 Å². The Labute approximate surface area is 170 Å². The van der Waals surface area contributed by atoms with Crippen molar-refractivity contribution in [3.05, 3.63) is 54.7 Å². The van der Waals surface area contributed by atoms with E-state index >= 15 is 0 Å². The summed E-state index contributed by atoms with van der Waals surface area (Å²) in [5.74, 6) is -0.470. The minimum absolute atomic E-state index is 0.0265. The molecule has 1 aromatic heterocycles. The number of benzene rings is 1. The van der Waals surface area contributed by atoms with Crippen molar-refractivity contribution in [1.82, 2.24) is 0 Å². The van der Waals surface area contributed by atoms with Gasteiger partial charge in [0.15, 0.2) is 6.61 Å². The van der Waals surface area contributed by atoms with Crippen molar-refractivity contribution in [1.29, 1.82) is 0 Å². The Hall–Kier alpha value is -2.45. The fraction of sp³-hybridized carbons (Fsp3) is 0.368. The zero-order valence-electron chi connectivity index (χ0n) is 15.2. The standard InChI is InChI=1S/C19H19ClN2O5S/c1-2-11-3-6-16-12(7-11)8-17(28-16)19(24)27-10-18(23)21-13-4-5-14(20)15(9-13)22(25)26/h4-5,8-9,11H,2-3,6-7,10H2,1H3,(H,21,23). The molecule has 1 aromatic carbocycles. The molecule has 28 heavy (non-hydrogen) atoms. The van der Waals surface area contributed by atoms with Crippen molar-refractivity contribution in [2.24, 2.45) is 5.92 Å². The molecule has 0 spiro atoms. The summed E-state index contributed by atoms with van der Waals surface area (Å²) in [5.41, 5.74) is 1.09. The van der Waals surface area contributed by atoms with Crippen LogP contribution in [0.5, 0.6) is 0 Å². The molecule has 7 nitrogen and oxygen atoms in total. The fourth-order valence-electron chi connectivity index (χ4n) is 3.18. The van der Waals surface area contributed by atoms with Crippen molar-refractivity contribution in [3.8, 4) is 0 Å². The van der Waals surface area contributed by atoms with Crippen LogP contribution in [0.3, 0.4) is 0 Å². The number of esters is 1. The summed E-state index contributed by atoms with van der Waals surface area (Å²) in [4.78, 5) is 36.2. The highest BCUT2D eigenvalue weighted by Crippen LogP contribution is 2.34. The lowest BCUT2D eigenvalue weighted by molar-refractivity contribution is -0.384. The van der Waals surface area contributed by atoms with Gasteiger partial charge in [-0.1, -0.05) is 24.9 Å². The first-order valence-electron chi connectivity index (χ1n) is 8.89. The number of carbonyl (C=O) groups is 2. The van der Waals surface area contributed by atoms with E-state index in [0.29, 0.717) is 10.8 Å². The van der Waals surface area contributed by atoms with Gasteiger partial charge in [0.05, 0.1) is 4.92 Å². The number of fused-ring (bicyclic) bond motifs is 1. The highest BCUT2D eigenvalue weighted by molar-refractivity contribution is 7.14. The predicted molar refractivity (Wildman–Crippen MR) is 107 cm³/mol. The number of anilines is 1. The van der Waals surface area contributed by atoms with E-state index in [1.807, 2.05) is 6.07 Å². The lowest BCUT2D eigenvalue weighted by Crippen LogP contribution is -2.20. The minimum Gasteiger partial charge on any atom is -0.451 e. The number of nitro benzene ring substituents is 1. The highest BCUT2D eigenvalue weighted by Gasteiger charge is 2.23. The number of halogens is 1. The average molecular weight is 423 g/mol. The second-order valence-corrected chi connectivity index (χ2v) is 8.17. The third-order valence-corrected chi connectivity index (χ3v) is 6.26. The molecule has 0 bridgehead atoms. The van der Waals surface area contributed by atoms with E-state index in [-0.39, 0.29) is 16.4 Å². The number of thiophene rings is 1. The monoisotopic (exact) mass is 422 g/mol. The predicted octanol–water partition coefficient (Wildman–Crippen LogP) is 4.62. The first-order chi connectivity index (χ1) is 13.4. The van der Waals surface area contributed by atoms with E-state index in [4.69, 9.17) is 16.3 Å². The van der Waals surface area contributed by atoms with Crippen molar-refractivity contribution in [2.75, 3.05) is 11.9 Å². The average Bonchev–Trinajstić information content (AvgIpc) is 3.10. The van der Waals surface area contributed by atoms with Crippen LogP contribution in [0.1, 0.15) is 39.9 Å². The van der Waals surface area contributed by atoms with Gasteiger partial charge in [0.25, 0.3) is 11.6 Å². The van der Waals surface area contributed by atoms with Gasteiger partial charge in [0.1, 0.15) is 9.90 Å². The lowest BCUT2D eigenvalue weighted by Gasteiger charge is -2.19. The number of hydrogen-bond acceptors (Lipinski definition) is 6. The van der Waals surface area contributed by atoms with Crippen molar-refractivity contribution in [2.45, 2.75) is 32.6 Å². The topological polar surface area (TPSA) is 98.5 Å². The van der Waals surface area contributed by atoms with Gasteiger partial charge in [-0.15, -0.1) is 11.3 Å². The highest BCUT2D eigenvalue weighted by atomic mass is 35.5. The number of nitrogens with one attached hydrogen (secondary N) is 1. The number of hydrogen-bond donors (Lipinski definition) is 1. The largest absolute Gasteiger partial charge is 0.451 e. The third kappa shape index (κ3) is 4.69. The molecule has 1 unspecified atom stereocenters. The zero-order chi connectivity index (χ0) is 20.3. The number of rotatable bonds is 6. The molecule has 0 saturated heterocycles. The van der Waals surface area contributed by atoms with Gasteiger partial charge in [-0.3, -0.25) is 14.9 Å². The van der Waals surface area contributed by atoms with Crippen LogP contribution in [0.25, 0.3) is 0 Å². The fourth-order valence-corrected chi connectivity index (χ4v) is 4.47. The second-order valence-electron chi connectivity index (χ2n) is 6.62. The van der Waals surface area contributed by atoms with E-state index in [1.165, 1.54) is 33.9 Å². The van der Waals surface area contributed by atoms with Gasteiger partial charge in [0, 0.05) is 16.6 Å². The Balaban J connectivity index is 1.56. The van der Waals surface area contributed by atoms with Crippen LogP contribution < -0.4 is 5.32 Å².